The van der Waals surface area contributed by atoms with Crippen LogP contribution in [0.15, 0.2) is 23.2 Å². The number of likely N-dealkylation sites (N-methyl/N-ethyl adjacent to an activating group) is 1. The van der Waals surface area contributed by atoms with Crippen molar-refractivity contribution in [2.75, 3.05) is 60.6 Å². The van der Waals surface area contributed by atoms with Gasteiger partial charge in [0.1, 0.15) is 0 Å². The molecule has 0 spiro atoms. The Morgan fingerprint density at radius 3 is 2.57 bits per heavy atom. The molecule has 1 aromatic carbocycles. The zero-order valence-corrected chi connectivity index (χ0v) is 20.6. The van der Waals surface area contributed by atoms with E-state index in [0.29, 0.717) is 19.5 Å². The number of nitrogens with one attached hydrogen (secondary N) is 2. The topological polar surface area (TPSA) is 67.4 Å². The first-order chi connectivity index (χ1) is 14.0. The van der Waals surface area contributed by atoms with Crippen LogP contribution in [0.5, 0.6) is 11.5 Å². The fourth-order valence-electron chi connectivity index (χ4n) is 2.65. The second-order valence-corrected chi connectivity index (χ2v) is 6.45. The zero-order chi connectivity index (χ0) is 21.5. The van der Waals surface area contributed by atoms with Crippen LogP contribution in [0.1, 0.15) is 18.9 Å². The van der Waals surface area contributed by atoms with Gasteiger partial charge >= 0.3 is 6.61 Å². The average molecular weight is 544 g/mol. The molecule has 0 unspecified atom stereocenters. The van der Waals surface area contributed by atoms with E-state index in [1.165, 1.54) is 7.11 Å². The molecule has 10 heteroatoms. The van der Waals surface area contributed by atoms with Crippen molar-refractivity contribution >= 4 is 29.9 Å². The summed E-state index contributed by atoms with van der Waals surface area (Å²) in [5.74, 6) is 1.05. The van der Waals surface area contributed by atoms with Crippen LogP contribution >= 0.6 is 24.0 Å². The molecule has 0 atom stereocenters. The Kier molecular flexibility index (Phi) is 16.5. The van der Waals surface area contributed by atoms with E-state index in [4.69, 9.17) is 9.47 Å². The molecule has 1 rings (SSSR count). The Hall–Kier alpha value is -1.40. The highest BCUT2D eigenvalue weighted by atomic mass is 127. The number of hydrogen-bond donors (Lipinski definition) is 2. The summed E-state index contributed by atoms with van der Waals surface area (Å²) in [7, 11) is 5.19. The first-order valence-electron chi connectivity index (χ1n) is 9.81. The van der Waals surface area contributed by atoms with Crippen LogP contribution in [-0.4, -0.2) is 78.1 Å². The predicted octanol–water partition coefficient (Wildman–Crippen LogP) is 2.98. The van der Waals surface area contributed by atoms with Gasteiger partial charge in [0.05, 0.1) is 13.7 Å². The molecule has 7 nitrogen and oxygen atoms in total. The quantitative estimate of drug-likeness (QED) is 0.163. The number of alkyl halides is 2. The second kappa shape index (κ2) is 17.3. The lowest BCUT2D eigenvalue weighted by molar-refractivity contribution is -0.0512. The Bertz CT molecular complexity index is 609. The summed E-state index contributed by atoms with van der Waals surface area (Å²) in [4.78, 5) is 6.79. The lowest BCUT2D eigenvalue weighted by atomic mass is 10.1. The van der Waals surface area contributed by atoms with Gasteiger partial charge in [-0.25, -0.2) is 0 Å². The molecule has 0 saturated heterocycles. The van der Waals surface area contributed by atoms with Gasteiger partial charge in [-0.05, 0) is 44.5 Å². The third kappa shape index (κ3) is 12.3. The minimum Gasteiger partial charge on any atom is -0.493 e. The van der Waals surface area contributed by atoms with E-state index in [-0.39, 0.29) is 35.5 Å². The van der Waals surface area contributed by atoms with Gasteiger partial charge in [0, 0.05) is 39.9 Å². The Labute approximate surface area is 195 Å². The molecule has 0 bridgehead atoms. The molecular weight excluding hydrogens is 509 g/mol. The number of nitrogens with zero attached hydrogens (tertiary/aromatic N) is 2. The van der Waals surface area contributed by atoms with E-state index < -0.39 is 6.61 Å². The summed E-state index contributed by atoms with van der Waals surface area (Å²) in [6, 6.07) is 5.04. The van der Waals surface area contributed by atoms with E-state index in [1.54, 1.807) is 19.2 Å². The van der Waals surface area contributed by atoms with Crippen LogP contribution in [0.3, 0.4) is 0 Å². The number of rotatable bonds is 14. The summed E-state index contributed by atoms with van der Waals surface area (Å²) in [5.41, 5.74) is 0.864. The molecule has 0 radical (unpaired) electrons. The van der Waals surface area contributed by atoms with E-state index in [2.05, 4.69) is 32.3 Å². The molecule has 0 aliphatic rings. The molecule has 0 fully saturated rings. The minimum atomic E-state index is -2.89. The van der Waals surface area contributed by atoms with Crippen LogP contribution in [0.25, 0.3) is 0 Å². The number of ether oxygens (including phenoxy) is 3. The first-order valence-corrected chi connectivity index (χ1v) is 9.81. The van der Waals surface area contributed by atoms with Gasteiger partial charge < -0.3 is 29.7 Å². The van der Waals surface area contributed by atoms with Gasteiger partial charge in [-0.3, -0.25) is 4.99 Å². The fraction of sp³-hybridized carbons (Fsp3) is 0.650. The molecule has 0 aliphatic carbocycles. The third-order valence-electron chi connectivity index (χ3n) is 4.13. The highest BCUT2D eigenvalue weighted by Gasteiger charge is 2.11. The Morgan fingerprint density at radius 2 is 1.93 bits per heavy atom. The van der Waals surface area contributed by atoms with Gasteiger partial charge in [-0.1, -0.05) is 6.07 Å². The molecule has 0 amide bonds. The summed E-state index contributed by atoms with van der Waals surface area (Å²) in [6.45, 7) is 3.73. The van der Waals surface area contributed by atoms with E-state index in [0.717, 1.165) is 44.2 Å². The first kappa shape index (κ1) is 28.6. The van der Waals surface area contributed by atoms with E-state index in [1.807, 2.05) is 13.0 Å². The normalized spacial score (nSPS) is 11.4. The third-order valence-corrected chi connectivity index (χ3v) is 4.13. The van der Waals surface area contributed by atoms with Crippen LogP contribution in [0.2, 0.25) is 0 Å². The number of hydrogen-bond acceptors (Lipinski definition) is 5. The van der Waals surface area contributed by atoms with Crippen molar-refractivity contribution in [2.24, 2.45) is 4.99 Å². The van der Waals surface area contributed by atoms with Gasteiger partial charge in [-0.2, -0.15) is 8.78 Å². The molecule has 2 N–H and O–H groups in total. The lowest BCUT2D eigenvalue weighted by Crippen LogP contribution is -2.39. The summed E-state index contributed by atoms with van der Waals surface area (Å²) >= 11 is 0. The summed E-state index contributed by atoms with van der Waals surface area (Å²) in [6.07, 6.45) is 1.62. The van der Waals surface area contributed by atoms with Crippen LogP contribution in [0, 0.1) is 0 Å². The average Bonchev–Trinajstić information content (AvgIpc) is 2.68. The molecule has 30 heavy (non-hydrogen) atoms. The van der Waals surface area contributed by atoms with Crippen molar-refractivity contribution in [2.45, 2.75) is 26.4 Å². The van der Waals surface area contributed by atoms with Gasteiger partial charge in [0.2, 0.25) is 0 Å². The number of aliphatic imine (C=N–C) groups is 1. The minimum absolute atomic E-state index is 0. The molecule has 1 aromatic rings. The second-order valence-electron chi connectivity index (χ2n) is 6.45. The smallest absolute Gasteiger partial charge is 0.387 e. The number of guanidine groups is 1. The maximum Gasteiger partial charge on any atom is 0.387 e. The maximum absolute atomic E-state index is 12.5. The highest BCUT2D eigenvalue weighted by Crippen LogP contribution is 2.29. The van der Waals surface area contributed by atoms with E-state index in [9.17, 15) is 8.78 Å². The van der Waals surface area contributed by atoms with Crippen LogP contribution < -0.4 is 20.1 Å². The van der Waals surface area contributed by atoms with Crippen molar-refractivity contribution in [1.29, 1.82) is 0 Å². The number of methoxy groups -OCH3 is 2. The largest absolute Gasteiger partial charge is 0.493 e. The Morgan fingerprint density at radius 1 is 1.17 bits per heavy atom. The lowest BCUT2D eigenvalue weighted by Gasteiger charge is -2.16. The van der Waals surface area contributed by atoms with Gasteiger partial charge in [-0.15, -0.1) is 24.0 Å². The molecule has 0 heterocycles. The SMILES string of the molecule is CCNC(=NCCN(C)CCCOC)NCCc1ccc(OC)c(OC(F)F)c1.I. The number of benzene rings is 1. The van der Waals surface area contributed by atoms with Crippen molar-refractivity contribution in [3.05, 3.63) is 23.8 Å². The summed E-state index contributed by atoms with van der Waals surface area (Å²) < 4.78 is 39.7. The Balaban J connectivity index is 0.00000841. The van der Waals surface area contributed by atoms with E-state index >= 15 is 0 Å². The van der Waals surface area contributed by atoms with Crippen molar-refractivity contribution < 1.29 is 23.0 Å². The zero-order valence-electron chi connectivity index (χ0n) is 18.2. The van der Waals surface area contributed by atoms with Crippen LogP contribution in [-0.2, 0) is 11.2 Å². The molecule has 0 saturated carbocycles. The molecule has 174 valence electrons. The standard InChI is InChI=1S/C20H34F2N4O3.HI/c1-5-23-20(25-11-13-26(2)12-6-14-27-3)24-10-9-16-7-8-17(28-4)18(15-16)29-19(21)22;/h7-8,15,19H,5-6,9-14H2,1-4H3,(H2,23,24,25);1H. The van der Waals surface area contributed by atoms with Gasteiger partial charge in [0.15, 0.2) is 17.5 Å². The van der Waals surface area contributed by atoms with Crippen LogP contribution in [0.4, 0.5) is 8.78 Å². The van der Waals surface area contributed by atoms with Gasteiger partial charge in [0.25, 0.3) is 0 Å². The maximum atomic E-state index is 12.5. The molecule has 0 aliphatic heterocycles. The highest BCUT2D eigenvalue weighted by molar-refractivity contribution is 14.0. The molecule has 0 aromatic heterocycles. The monoisotopic (exact) mass is 544 g/mol. The fourth-order valence-corrected chi connectivity index (χ4v) is 2.65. The van der Waals surface area contributed by atoms with Crippen molar-refractivity contribution in [1.82, 2.24) is 15.5 Å². The number of halogens is 3. The van der Waals surface area contributed by atoms with Crippen molar-refractivity contribution in [3.8, 4) is 11.5 Å². The summed E-state index contributed by atoms with van der Waals surface area (Å²) in [5, 5.41) is 6.47. The molecular formula is C20H35F2IN4O3. The predicted molar refractivity (Wildman–Crippen MR) is 127 cm³/mol. The van der Waals surface area contributed by atoms with Crippen molar-refractivity contribution in [3.63, 3.8) is 0 Å².